The van der Waals surface area contributed by atoms with Gasteiger partial charge in [-0.05, 0) is 28.8 Å². The van der Waals surface area contributed by atoms with Crippen LogP contribution in [0.3, 0.4) is 0 Å². The highest BCUT2D eigenvalue weighted by Crippen LogP contribution is 2.23. The third kappa shape index (κ3) is 6.21. The second-order valence-electron chi connectivity index (χ2n) is 7.06. The molecule has 3 aromatic carbocycles. The van der Waals surface area contributed by atoms with Crippen molar-refractivity contribution in [1.29, 1.82) is 0 Å². The number of carbonyl (C=O) groups excluding carboxylic acids is 1. The molecule has 0 saturated heterocycles. The summed E-state index contributed by atoms with van der Waals surface area (Å²) >= 11 is 0. The fraction of sp³-hybridized carbons (Fsp3) is 0.200. The maximum Gasteiger partial charge on any atom is 0.221 e. The number of nitrogens with zero attached hydrogens (tertiary/aromatic N) is 1. The Morgan fingerprint density at radius 3 is 2.07 bits per heavy atom. The van der Waals surface area contributed by atoms with Gasteiger partial charge >= 0.3 is 0 Å². The number of aliphatic imine (C=N–C) groups is 1. The van der Waals surface area contributed by atoms with Crippen molar-refractivity contribution in [3.8, 4) is 0 Å². The highest BCUT2D eigenvalue weighted by Gasteiger charge is 2.14. The second-order valence-corrected chi connectivity index (χ2v) is 7.06. The Kier molecular flexibility index (Phi) is 7.61. The molecule has 5 nitrogen and oxygen atoms in total. The monoisotopic (exact) mass is 400 g/mol. The lowest BCUT2D eigenvalue weighted by Crippen LogP contribution is -2.39. The van der Waals surface area contributed by atoms with Crippen LogP contribution in [0, 0.1) is 0 Å². The first-order chi connectivity index (χ1) is 14.7. The molecule has 0 radical (unpaired) electrons. The lowest BCUT2D eigenvalue weighted by Gasteiger charge is -2.20. The van der Waals surface area contributed by atoms with Gasteiger partial charge in [-0.15, -0.1) is 0 Å². The van der Waals surface area contributed by atoms with Gasteiger partial charge in [0, 0.05) is 38.7 Å². The summed E-state index contributed by atoms with van der Waals surface area (Å²) in [5, 5.41) is 9.61. The summed E-state index contributed by atoms with van der Waals surface area (Å²) in [6.45, 7) is 2.83. The van der Waals surface area contributed by atoms with E-state index in [1.807, 2.05) is 36.4 Å². The highest BCUT2D eigenvalue weighted by molar-refractivity contribution is 5.88. The first-order valence-corrected chi connectivity index (χ1v) is 10.1. The van der Waals surface area contributed by atoms with Gasteiger partial charge in [-0.25, -0.2) is 0 Å². The lowest BCUT2D eigenvalue weighted by molar-refractivity contribution is -0.114. The molecule has 0 aliphatic carbocycles. The standard InChI is InChI=1S/C25H28N4O/c1-19(30)29-23-15-9-10-20(16-23)17-27-25(26-2)28-18-24(21-11-5-3-6-12-21)22-13-7-4-8-14-22/h3-16,24H,17-18H2,1-2H3,(H,29,30)(H2,26,27,28). The second kappa shape index (κ2) is 10.8. The number of amides is 1. The summed E-state index contributed by atoms with van der Waals surface area (Å²) in [6, 6.07) is 28.8. The molecule has 0 saturated carbocycles. The molecule has 30 heavy (non-hydrogen) atoms. The van der Waals surface area contributed by atoms with E-state index in [0.29, 0.717) is 6.54 Å². The van der Waals surface area contributed by atoms with Crippen molar-refractivity contribution >= 4 is 17.6 Å². The first-order valence-electron chi connectivity index (χ1n) is 10.1. The first kappa shape index (κ1) is 21.1. The fourth-order valence-corrected chi connectivity index (χ4v) is 3.37. The Morgan fingerprint density at radius 1 is 0.867 bits per heavy atom. The minimum Gasteiger partial charge on any atom is -0.355 e. The molecule has 0 fully saturated rings. The molecule has 0 heterocycles. The van der Waals surface area contributed by atoms with Gasteiger partial charge in [-0.3, -0.25) is 9.79 Å². The molecule has 0 aliphatic heterocycles. The molecule has 3 aromatic rings. The Morgan fingerprint density at radius 2 is 1.50 bits per heavy atom. The molecular weight excluding hydrogens is 372 g/mol. The Balaban J connectivity index is 1.64. The van der Waals surface area contributed by atoms with Crippen LogP contribution in [0.4, 0.5) is 5.69 Å². The van der Waals surface area contributed by atoms with Crippen LogP contribution in [-0.4, -0.2) is 25.5 Å². The Bertz CT molecular complexity index is 931. The molecule has 0 unspecified atom stereocenters. The van der Waals surface area contributed by atoms with Gasteiger partial charge < -0.3 is 16.0 Å². The van der Waals surface area contributed by atoms with Crippen LogP contribution in [0.25, 0.3) is 0 Å². The molecule has 154 valence electrons. The quantitative estimate of drug-likeness (QED) is 0.412. The number of benzene rings is 3. The zero-order chi connectivity index (χ0) is 21.2. The number of carbonyl (C=O) groups is 1. The summed E-state index contributed by atoms with van der Waals surface area (Å²) in [5.41, 5.74) is 4.37. The summed E-state index contributed by atoms with van der Waals surface area (Å²) < 4.78 is 0. The van der Waals surface area contributed by atoms with Crippen molar-refractivity contribution in [1.82, 2.24) is 10.6 Å². The van der Waals surface area contributed by atoms with Crippen LogP contribution in [-0.2, 0) is 11.3 Å². The summed E-state index contributed by atoms with van der Waals surface area (Å²) in [4.78, 5) is 15.6. The molecule has 3 N–H and O–H groups in total. The van der Waals surface area contributed by atoms with Crippen molar-refractivity contribution in [2.24, 2.45) is 4.99 Å². The number of guanidine groups is 1. The molecule has 5 heteroatoms. The Labute approximate surface area is 178 Å². The minimum atomic E-state index is -0.0783. The SMILES string of the molecule is CN=C(NCc1cccc(NC(C)=O)c1)NCC(c1ccccc1)c1ccccc1. The normalized spacial score (nSPS) is 11.2. The summed E-state index contributed by atoms with van der Waals surface area (Å²) in [6.07, 6.45) is 0. The highest BCUT2D eigenvalue weighted by atomic mass is 16.1. The van der Waals surface area contributed by atoms with E-state index in [1.165, 1.54) is 18.1 Å². The van der Waals surface area contributed by atoms with E-state index in [0.717, 1.165) is 23.8 Å². The topological polar surface area (TPSA) is 65.5 Å². The minimum absolute atomic E-state index is 0.0783. The molecule has 0 aromatic heterocycles. The van der Waals surface area contributed by atoms with Crippen LogP contribution in [0.5, 0.6) is 0 Å². The average molecular weight is 401 g/mol. The molecule has 3 rings (SSSR count). The summed E-state index contributed by atoms with van der Waals surface area (Å²) in [5.74, 6) is 0.872. The largest absolute Gasteiger partial charge is 0.355 e. The van der Waals surface area contributed by atoms with Gasteiger partial charge in [0.25, 0.3) is 0 Å². The van der Waals surface area contributed by atoms with Gasteiger partial charge in [0.05, 0.1) is 0 Å². The van der Waals surface area contributed by atoms with Gasteiger partial charge in [0.15, 0.2) is 5.96 Å². The number of hydrogen-bond acceptors (Lipinski definition) is 2. The number of rotatable bonds is 7. The van der Waals surface area contributed by atoms with E-state index in [2.05, 4.69) is 69.5 Å². The van der Waals surface area contributed by atoms with Crippen molar-refractivity contribution in [2.45, 2.75) is 19.4 Å². The number of hydrogen-bond donors (Lipinski definition) is 3. The van der Waals surface area contributed by atoms with Crippen LogP contribution in [0.1, 0.15) is 29.5 Å². The third-order valence-corrected chi connectivity index (χ3v) is 4.81. The van der Waals surface area contributed by atoms with Crippen molar-refractivity contribution in [3.05, 3.63) is 102 Å². The fourth-order valence-electron chi connectivity index (χ4n) is 3.37. The third-order valence-electron chi connectivity index (χ3n) is 4.81. The van der Waals surface area contributed by atoms with Crippen LogP contribution in [0.15, 0.2) is 89.9 Å². The predicted octanol–water partition coefficient (Wildman–Crippen LogP) is 4.14. The van der Waals surface area contributed by atoms with Gasteiger partial charge in [0.1, 0.15) is 0 Å². The zero-order valence-corrected chi connectivity index (χ0v) is 17.4. The molecule has 0 bridgehead atoms. The van der Waals surface area contributed by atoms with Gasteiger partial charge in [-0.1, -0.05) is 72.8 Å². The summed E-state index contributed by atoms with van der Waals surface area (Å²) in [7, 11) is 1.77. The van der Waals surface area contributed by atoms with Crippen LogP contribution < -0.4 is 16.0 Å². The van der Waals surface area contributed by atoms with E-state index < -0.39 is 0 Å². The van der Waals surface area contributed by atoms with Gasteiger partial charge in [0.2, 0.25) is 5.91 Å². The van der Waals surface area contributed by atoms with E-state index >= 15 is 0 Å². The van der Waals surface area contributed by atoms with Crippen molar-refractivity contribution < 1.29 is 4.79 Å². The van der Waals surface area contributed by atoms with E-state index in [9.17, 15) is 4.79 Å². The van der Waals surface area contributed by atoms with E-state index in [-0.39, 0.29) is 11.8 Å². The maximum atomic E-state index is 11.3. The Hall–Kier alpha value is -3.60. The molecule has 0 spiro atoms. The molecular formula is C25H28N4O. The van der Waals surface area contributed by atoms with Crippen molar-refractivity contribution in [2.75, 3.05) is 18.9 Å². The number of nitrogens with one attached hydrogen (secondary N) is 3. The van der Waals surface area contributed by atoms with E-state index in [1.54, 1.807) is 7.05 Å². The van der Waals surface area contributed by atoms with Crippen LogP contribution >= 0.6 is 0 Å². The molecule has 1 amide bonds. The zero-order valence-electron chi connectivity index (χ0n) is 17.4. The number of anilines is 1. The smallest absolute Gasteiger partial charge is 0.221 e. The lowest BCUT2D eigenvalue weighted by atomic mass is 9.91. The predicted molar refractivity (Wildman–Crippen MR) is 124 cm³/mol. The maximum absolute atomic E-state index is 11.3. The van der Waals surface area contributed by atoms with E-state index in [4.69, 9.17) is 0 Å². The molecule has 0 aliphatic rings. The van der Waals surface area contributed by atoms with Crippen molar-refractivity contribution in [3.63, 3.8) is 0 Å². The van der Waals surface area contributed by atoms with Gasteiger partial charge in [-0.2, -0.15) is 0 Å². The van der Waals surface area contributed by atoms with Crippen LogP contribution in [0.2, 0.25) is 0 Å². The average Bonchev–Trinajstić information content (AvgIpc) is 2.77. The molecule has 0 atom stereocenters.